The monoisotopic (exact) mass is 301 g/mol. The Morgan fingerprint density at radius 3 is 2.86 bits per heavy atom. The molecule has 118 valence electrons. The highest BCUT2D eigenvalue weighted by atomic mass is 16.6. The fourth-order valence-electron chi connectivity index (χ4n) is 2.63. The van der Waals surface area contributed by atoms with Crippen LogP contribution in [0.25, 0.3) is 0 Å². The molecule has 0 aromatic carbocycles. The first kappa shape index (κ1) is 16.3. The second-order valence-electron chi connectivity index (χ2n) is 6.79. The van der Waals surface area contributed by atoms with Crippen LogP contribution in [0.1, 0.15) is 44.9 Å². The van der Waals surface area contributed by atoms with Gasteiger partial charge in [0, 0.05) is 25.0 Å². The van der Waals surface area contributed by atoms with Crippen molar-refractivity contribution in [3.63, 3.8) is 0 Å². The summed E-state index contributed by atoms with van der Waals surface area (Å²) in [6.45, 7) is 7.11. The summed E-state index contributed by atoms with van der Waals surface area (Å²) in [7, 11) is 0. The van der Waals surface area contributed by atoms with Gasteiger partial charge in [0.15, 0.2) is 0 Å². The van der Waals surface area contributed by atoms with Crippen LogP contribution >= 0.6 is 0 Å². The molecule has 5 nitrogen and oxygen atoms in total. The topological polar surface area (TPSA) is 66.2 Å². The smallest absolute Gasteiger partial charge is 0.410 e. The summed E-state index contributed by atoms with van der Waals surface area (Å²) >= 11 is 0. The third-order valence-electron chi connectivity index (χ3n) is 3.62. The summed E-state index contributed by atoms with van der Waals surface area (Å²) in [6.07, 6.45) is 4.26. The van der Waals surface area contributed by atoms with E-state index in [1.54, 1.807) is 17.2 Å². The number of pyridine rings is 1. The van der Waals surface area contributed by atoms with Gasteiger partial charge in [0.2, 0.25) is 0 Å². The number of likely N-dealkylation sites (tertiary alicyclic amines) is 1. The predicted molar refractivity (Wildman–Crippen MR) is 83.2 cm³/mol. The molecular weight excluding hydrogens is 278 g/mol. The van der Waals surface area contributed by atoms with Gasteiger partial charge in [-0.25, -0.2) is 4.79 Å². The van der Waals surface area contributed by atoms with E-state index >= 15 is 0 Å². The Morgan fingerprint density at radius 2 is 2.27 bits per heavy atom. The second kappa shape index (κ2) is 6.78. The molecule has 2 heterocycles. The molecule has 0 aliphatic carbocycles. The number of ether oxygens (including phenoxy) is 1. The molecule has 0 bridgehead atoms. The van der Waals surface area contributed by atoms with Gasteiger partial charge >= 0.3 is 6.09 Å². The van der Waals surface area contributed by atoms with Crippen molar-refractivity contribution in [3.05, 3.63) is 29.6 Å². The molecular formula is C17H23N3O2. The van der Waals surface area contributed by atoms with Crippen molar-refractivity contribution in [2.75, 3.05) is 13.1 Å². The van der Waals surface area contributed by atoms with Crippen molar-refractivity contribution in [2.45, 2.75) is 45.6 Å². The Bertz CT molecular complexity index is 555. The first-order valence-electron chi connectivity index (χ1n) is 7.70. The Kier molecular flexibility index (Phi) is 5.02. The van der Waals surface area contributed by atoms with E-state index in [1.165, 1.54) is 0 Å². The molecule has 5 heteroatoms. The van der Waals surface area contributed by atoms with E-state index < -0.39 is 5.60 Å². The summed E-state index contributed by atoms with van der Waals surface area (Å²) < 4.78 is 5.44. The van der Waals surface area contributed by atoms with Crippen LogP contribution in [0.3, 0.4) is 0 Å². The van der Waals surface area contributed by atoms with Crippen LogP contribution in [0.15, 0.2) is 18.3 Å². The van der Waals surface area contributed by atoms with Crippen LogP contribution < -0.4 is 0 Å². The number of amides is 1. The molecule has 0 N–H and O–H groups in total. The van der Waals surface area contributed by atoms with Gasteiger partial charge in [0.1, 0.15) is 11.7 Å². The molecule has 1 amide bonds. The SMILES string of the molecule is CC(C)(C)OC(=O)N1CCCC(Cc2ccc(C#N)cn2)C1. The number of aromatic nitrogens is 1. The average Bonchev–Trinajstić information content (AvgIpc) is 2.46. The van der Waals surface area contributed by atoms with Crippen LogP contribution in [0.2, 0.25) is 0 Å². The third-order valence-corrected chi connectivity index (χ3v) is 3.62. The van der Waals surface area contributed by atoms with Crippen LogP contribution in [-0.4, -0.2) is 34.7 Å². The molecule has 1 atom stereocenters. The van der Waals surface area contributed by atoms with Gasteiger partial charge in [0.05, 0.1) is 5.56 Å². The molecule has 1 aromatic rings. The van der Waals surface area contributed by atoms with E-state index in [0.29, 0.717) is 18.0 Å². The minimum atomic E-state index is -0.460. The zero-order valence-electron chi connectivity index (χ0n) is 13.5. The number of nitriles is 1. The van der Waals surface area contributed by atoms with Crippen molar-refractivity contribution in [2.24, 2.45) is 5.92 Å². The van der Waals surface area contributed by atoms with Crippen molar-refractivity contribution in [3.8, 4) is 6.07 Å². The molecule has 0 spiro atoms. The number of nitrogens with zero attached hydrogens (tertiary/aromatic N) is 3. The molecule has 1 aliphatic heterocycles. The van der Waals surface area contributed by atoms with Gasteiger partial charge in [-0.05, 0) is 58.1 Å². The number of hydrogen-bond donors (Lipinski definition) is 0. The summed E-state index contributed by atoms with van der Waals surface area (Å²) in [5, 5.41) is 8.79. The van der Waals surface area contributed by atoms with E-state index in [2.05, 4.69) is 11.1 Å². The van der Waals surface area contributed by atoms with Crippen LogP contribution in [0, 0.1) is 17.2 Å². The first-order chi connectivity index (χ1) is 10.4. The quantitative estimate of drug-likeness (QED) is 0.841. The molecule has 22 heavy (non-hydrogen) atoms. The van der Waals surface area contributed by atoms with Gasteiger partial charge in [0.25, 0.3) is 0 Å². The Morgan fingerprint density at radius 1 is 1.50 bits per heavy atom. The van der Waals surface area contributed by atoms with Gasteiger partial charge in [-0.3, -0.25) is 4.98 Å². The average molecular weight is 301 g/mol. The highest BCUT2D eigenvalue weighted by molar-refractivity contribution is 5.68. The summed E-state index contributed by atoms with van der Waals surface area (Å²) in [6, 6.07) is 5.75. The minimum absolute atomic E-state index is 0.231. The number of rotatable bonds is 2. The molecule has 0 saturated carbocycles. The Balaban J connectivity index is 1.92. The molecule has 1 aromatic heterocycles. The van der Waals surface area contributed by atoms with E-state index in [4.69, 9.17) is 10.00 Å². The van der Waals surface area contributed by atoms with Crippen molar-refractivity contribution in [1.82, 2.24) is 9.88 Å². The lowest BCUT2D eigenvalue weighted by Crippen LogP contribution is -2.43. The summed E-state index contributed by atoms with van der Waals surface area (Å²) in [4.78, 5) is 18.3. The van der Waals surface area contributed by atoms with Crippen molar-refractivity contribution < 1.29 is 9.53 Å². The zero-order chi connectivity index (χ0) is 16.2. The van der Waals surface area contributed by atoms with Gasteiger partial charge in [-0.1, -0.05) is 0 Å². The summed E-state index contributed by atoms with van der Waals surface area (Å²) in [5.74, 6) is 0.390. The molecule has 1 unspecified atom stereocenters. The van der Waals surface area contributed by atoms with Crippen LogP contribution in [0.4, 0.5) is 4.79 Å². The number of hydrogen-bond acceptors (Lipinski definition) is 4. The Labute approximate surface area is 131 Å². The minimum Gasteiger partial charge on any atom is -0.444 e. The Hall–Kier alpha value is -2.09. The van der Waals surface area contributed by atoms with Gasteiger partial charge < -0.3 is 9.64 Å². The highest BCUT2D eigenvalue weighted by Crippen LogP contribution is 2.22. The first-order valence-corrected chi connectivity index (χ1v) is 7.70. The highest BCUT2D eigenvalue weighted by Gasteiger charge is 2.27. The zero-order valence-corrected chi connectivity index (χ0v) is 13.5. The standard InChI is InChI=1S/C17H23N3O2/c1-17(2,3)22-16(21)20-8-4-5-13(12-20)9-15-7-6-14(10-18)11-19-15/h6-7,11,13H,4-5,8-9,12H2,1-3H3. The lowest BCUT2D eigenvalue weighted by atomic mass is 9.93. The fourth-order valence-corrected chi connectivity index (χ4v) is 2.63. The van der Waals surface area contributed by atoms with E-state index in [0.717, 1.165) is 31.5 Å². The van der Waals surface area contributed by atoms with Crippen LogP contribution in [0.5, 0.6) is 0 Å². The maximum atomic E-state index is 12.1. The lowest BCUT2D eigenvalue weighted by molar-refractivity contribution is 0.0165. The lowest BCUT2D eigenvalue weighted by Gasteiger charge is -2.34. The largest absolute Gasteiger partial charge is 0.444 e. The maximum Gasteiger partial charge on any atom is 0.410 e. The third kappa shape index (κ3) is 4.73. The van der Waals surface area contributed by atoms with E-state index in [9.17, 15) is 4.79 Å². The summed E-state index contributed by atoms with van der Waals surface area (Å²) in [5.41, 5.74) is 1.08. The number of carbonyl (C=O) groups excluding carboxylic acids is 1. The molecule has 2 rings (SSSR count). The predicted octanol–water partition coefficient (Wildman–Crippen LogP) is 3.14. The van der Waals surface area contributed by atoms with Gasteiger partial charge in [-0.15, -0.1) is 0 Å². The molecule has 1 saturated heterocycles. The van der Waals surface area contributed by atoms with E-state index in [1.807, 2.05) is 26.8 Å². The van der Waals surface area contributed by atoms with E-state index in [-0.39, 0.29) is 6.09 Å². The molecule has 1 fully saturated rings. The normalized spacial score (nSPS) is 18.6. The fraction of sp³-hybridized carbons (Fsp3) is 0.588. The van der Waals surface area contributed by atoms with Crippen molar-refractivity contribution in [1.29, 1.82) is 5.26 Å². The van der Waals surface area contributed by atoms with Crippen LogP contribution in [-0.2, 0) is 11.2 Å². The molecule has 0 radical (unpaired) electrons. The maximum absolute atomic E-state index is 12.1. The number of piperidine rings is 1. The second-order valence-corrected chi connectivity index (χ2v) is 6.79. The van der Waals surface area contributed by atoms with Crippen molar-refractivity contribution >= 4 is 6.09 Å². The van der Waals surface area contributed by atoms with Gasteiger partial charge in [-0.2, -0.15) is 5.26 Å². The molecule has 1 aliphatic rings. The number of carbonyl (C=O) groups is 1.